The van der Waals surface area contributed by atoms with Crippen molar-refractivity contribution < 1.29 is 9.18 Å². The van der Waals surface area contributed by atoms with Crippen LogP contribution in [0.5, 0.6) is 0 Å². The van der Waals surface area contributed by atoms with Crippen molar-refractivity contribution in [2.45, 2.75) is 31.5 Å². The fraction of sp³-hybridized carbons (Fsp3) is 0.909. The molecular weight excluding hydrogens is 195 g/mol. The fourth-order valence-electron chi connectivity index (χ4n) is 2.77. The molecule has 0 aromatic rings. The molecule has 3 aliphatic heterocycles. The van der Waals surface area contributed by atoms with Gasteiger partial charge in [0.1, 0.15) is 6.17 Å². The van der Waals surface area contributed by atoms with Crippen LogP contribution in [0.1, 0.15) is 19.3 Å². The molecule has 3 saturated heterocycles. The average Bonchev–Trinajstić information content (AvgIpc) is 3.00. The second kappa shape index (κ2) is 3.44. The van der Waals surface area contributed by atoms with E-state index in [1.165, 1.54) is 6.42 Å². The van der Waals surface area contributed by atoms with E-state index >= 15 is 0 Å². The lowest BCUT2D eigenvalue weighted by atomic mass is 9.97. The maximum absolute atomic E-state index is 12.8. The van der Waals surface area contributed by atoms with Crippen LogP contribution in [0, 0.1) is 11.8 Å². The van der Waals surface area contributed by atoms with Crippen molar-refractivity contribution in [1.29, 1.82) is 0 Å². The molecule has 2 bridgehead atoms. The zero-order chi connectivity index (χ0) is 10.4. The van der Waals surface area contributed by atoms with Crippen molar-refractivity contribution in [1.82, 2.24) is 10.2 Å². The highest BCUT2D eigenvalue weighted by Crippen LogP contribution is 2.36. The molecule has 1 aliphatic carbocycles. The summed E-state index contributed by atoms with van der Waals surface area (Å²) in [6.45, 7) is 2.66. The van der Waals surface area contributed by atoms with E-state index in [2.05, 4.69) is 5.32 Å². The van der Waals surface area contributed by atoms with Gasteiger partial charge in [0, 0.05) is 19.1 Å². The lowest BCUT2D eigenvalue weighted by Gasteiger charge is -2.23. The molecule has 0 spiro atoms. The largest absolute Gasteiger partial charge is 0.340 e. The van der Waals surface area contributed by atoms with E-state index < -0.39 is 6.17 Å². The van der Waals surface area contributed by atoms with Gasteiger partial charge in [0.25, 0.3) is 0 Å². The summed E-state index contributed by atoms with van der Waals surface area (Å²) in [5, 5.41) is 3.45. The van der Waals surface area contributed by atoms with Gasteiger partial charge in [-0.15, -0.1) is 0 Å². The summed E-state index contributed by atoms with van der Waals surface area (Å²) in [4.78, 5) is 13.8. The van der Waals surface area contributed by atoms with Gasteiger partial charge in [-0.2, -0.15) is 0 Å². The molecule has 3 heterocycles. The molecule has 4 atom stereocenters. The van der Waals surface area contributed by atoms with Crippen molar-refractivity contribution in [3.8, 4) is 0 Å². The minimum Gasteiger partial charge on any atom is -0.340 e. The highest BCUT2D eigenvalue weighted by Gasteiger charge is 2.46. The van der Waals surface area contributed by atoms with Gasteiger partial charge in [0.15, 0.2) is 0 Å². The van der Waals surface area contributed by atoms with Crippen molar-refractivity contribution >= 4 is 5.91 Å². The first kappa shape index (κ1) is 9.58. The molecule has 0 aromatic heterocycles. The van der Waals surface area contributed by atoms with E-state index in [0.717, 1.165) is 26.1 Å². The Morgan fingerprint density at radius 3 is 2.73 bits per heavy atom. The van der Waals surface area contributed by atoms with Crippen LogP contribution in [0.15, 0.2) is 0 Å². The average molecular weight is 212 g/mol. The summed E-state index contributed by atoms with van der Waals surface area (Å²) in [5.74, 6) is 0.343. The molecule has 4 aliphatic rings. The van der Waals surface area contributed by atoms with Crippen LogP contribution in [0.25, 0.3) is 0 Å². The molecule has 4 heteroatoms. The predicted molar refractivity (Wildman–Crippen MR) is 54.1 cm³/mol. The predicted octanol–water partition coefficient (Wildman–Crippen LogP) is 0.555. The number of nitrogens with zero attached hydrogens (tertiary/aromatic N) is 1. The molecule has 0 aromatic carbocycles. The summed E-state index contributed by atoms with van der Waals surface area (Å²) >= 11 is 0. The lowest BCUT2D eigenvalue weighted by molar-refractivity contribution is -0.133. The number of halogens is 1. The van der Waals surface area contributed by atoms with Gasteiger partial charge in [-0.1, -0.05) is 0 Å². The SMILES string of the molecule is O=C(C1C[C@@H]1F)N1CC2CC[C@@H](CN2)C1. The molecular formula is C11H17FN2O. The topological polar surface area (TPSA) is 32.3 Å². The second-order valence-corrected chi connectivity index (χ2v) is 5.15. The van der Waals surface area contributed by atoms with E-state index in [4.69, 9.17) is 0 Å². The minimum absolute atomic E-state index is 0.0584. The Hall–Kier alpha value is -0.640. The summed E-state index contributed by atoms with van der Waals surface area (Å²) < 4.78 is 12.8. The smallest absolute Gasteiger partial charge is 0.228 e. The highest BCUT2D eigenvalue weighted by molar-refractivity contribution is 5.82. The van der Waals surface area contributed by atoms with Crippen LogP contribution in [-0.2, 0) is 4.79 Å². The number of alkyl halides is 1. The van der Waals surface area contributed by atoms with E-state index in [9.17, 15) is 9.18 Å². The standard InChI is InChI=1S/C11H17FN2O/c12-10-3-9(10)11(15)14-5-7-1-2-8(6-14)13-4-7/h7-10,13H,1-6H2/t7-,8?,9?,10-/m0/s1. The second-order valence-electron chi connectivity index (χ2n) is 5.15. The molecule has 0 radical (unpaired) electrons. The molecule has 3 nitrogen and oxygen atoms in total. The number of hydrogen-bond acceptors (Lipinski definition) is 2. The first-order valence-electron chi connectivity index (χ1n) is 5.90. The Morgan fingerprint density at radius 1 is 1.33 bits per heavy atom. The van der Waals surface area contributed by atoms with E-state index in [-0.39, 0.29) is 11.8 Å². The molecule has 4 rings (SSSR count). The van der Waals surface area contributed by atoms with Crippen LogP contribution < -0.4 is 5.32 Å². The van der Waals surface area contributed by atoms with Crippen LogP contribution in [0.3, 0.4) is 0 Å². The van der Waals surface area contributed by atoms with Gasteiger partial charge in [-0.3, -0.25) is 4.79 Å². The van der Waals surface area contributed by atoms with Crippen molar-refractivity contribution in [3.05, 3.63) is 0 Å². The lowest BCUT2D eigenvalue weighted by Crippen LogP contribution is -2.41. The Kier molecular flexibility index (Phi) is 2.20. The molecule has 2 unspecified atom stereocenters. The quantitative estimate of drug-likeness (QED) is 0.688. The maximum Gasteiger partial charge on any atom is 0.228 e. The first-order chi connectivity index (χ1) is 7.24. The van der Waals surface area contributed by atoms with Gasteiger partial charge in [0.2, 0.25) is 5.91 Å². The molecule has 1 N–H and O–H groups in total. The molecule has 1 saturated carbocycles. The molecule has 4 fully saturated rings. The van der Waals surface area contributed by atoms with Gasteiger partial charge < -0.3 is 10.2 Å². The summed E-state index contributed by atoms with van der Waals surface area (Å²) in [7, 11) is 0. The van der Waals surface area contributed by atoms with Crippen molar-refractivity contribution in [2.24, 2.45) is 11.8 Å². The minimum atomic E-state index is -0.855. The number of amides is 1. The first-order valence-corrected chi connectivity index (χ1v) is 5.90. The highest BCUT2D eigenvalue weighted by atomic mass is 19.1. The monoisotopic (exact) mass is 212 g/mol. The third-order valence-corrected chi connectivity index (χ3v) is 3.88. The summed E-state index contributed by atoms with van der Waals surface area (Å²) in [6, 6.07) is 0.449. The Balaban J connectivity index is 1.68. The van der Waals surface area contributed by atoms with Gasteiger partial charge in [-0.05, 0) is 31.7 Å². The van der Waals surface area contributed by atoms with Gasteiger partial charge >= 0.3 is 0 Å². The van der Waals surface area contributed by atoms with Gasteiger partial charge in [-0.25, -0.2) is 4.39 Å². The molecule has 84 valence electrons. The van der Waals surface area contributed by atoms with Crippen LogP contribution in [0.4, 0.5) is 4.39 Å². The van der Waals surface area contributed by atoms with Crippen molar-refractivity contribution in [2.75, 3.05) is 19.6 Å². The molecule has 15 heavy (non-hydrogen) atoms. The number of hydrogen-bond donors (Lipinski definition) is 1. The number of rotatable bonds is 1. The van der Waals surface area contributed by atoms with Crippen LogP contribution in [0.2, 0.25) is 0 Å². The number of piperidine rings is 1. The Bertz CT molecular complexity index is 262. The van der Waals surface area contributed by atoms with E-state index in [1.54, 1.807) is 0 Å². The fourth-order valence-corrected chi connectivity index (χ4v) is 2.77. The van der Waals surface area contributed by atoms with Crippen LogP contribution in [-0.4, -0.2) is 42.7 Å². The molecule has 1 amide bonds. The number of carbonyl (C=O) groups excluding carboxylic acids is 1. The summed E-state index contributed by atoms with van der Waals surface area (Å²) in [6.07, 6.45) is 1.98. The number of fused-ring (bicyclic) bond motifs is 4. The van der Waals surface area contributed by atoms with Crippen molar-refractivity contribution in [3.63, 3.8) is 0 Å². The summed E-state index contributed by atoms with van der Waals surface area (Å²) in [5.41, 5.74) is 0. The normalized spacial score (nSPS) is 43.9. The van der Waals surface area contributed by atoms with Crippen LogP contribution >= 0.6 is 0 Å². The zero-order valence-corrected chi connectivity index (χ0v) is 8.79. The Morgan fingerprint density at radius 2 is 2.13 bits per heavy atom. The number of carbonyl (C=O) groups is 1. The number of nitrogens with one attached hydrogen (secondary N) is 1. The van der Waals surface area contributed by atoms with E-state index in [0.29, 0.717) is 18.4 Å². The van der Waals surface area contributed by atoms with Gasteiger partial charge in [0.05, 0.1) is 5.92 Å². The third kappa shape index (κ3) is 1.75. The Labute approximate surface area is 89.0 Å². The zero-order valence-electron chi connectivity index (χ0n) is 8.79. The van der Waals surface area contributed by atoms with E-state index in [1.807, 2.05) is 4.90 Å². The third-order valence-electron chi connectivity index (χ3n) is 3.88. The maximum atomic E-state index is 12.8.